The van der Waals surface area contributed by atoms with Gasteiger partial charge in [0.15, 0.2) is 0 Å². The van der Waals surface area contributed by atoms with Crippen LogP contribution in [0.4, 0.5) is 18.3 Å². The normalized spacial score (nSPS) is 17.0. The summed E-state index contributed by atoms with van der Waals surface area (Å²) in [5, 5.41) is 7.04. The Bertz CT molecular complexity index is 872. The van der Waals surface area contributed by atoms with E-state index in [1.807, 2.05) is 6.92 Å². The molecule has 3 rings (SSSR count). The van der Waals surface area contributed by atoms with Gasteiger partial charge in [-0.3, -0.25) is 14.9 Å². The van der Waals surface area contributed by atoms with Crippen LogP contribution in [0.5, 0.6) is 0 Å². The van der Waals surface area contributed by atoms with Crippen LogP contribution in [0.15, 0.2) is 10.9 Å². The van der Waals surface area contributed by atoms with Crippen LogP contribution in [0.1, 0.15) is 45.9 Å². The highest BCUT2D eigenvalue weighted by Gasteiger charge is 2.36. The van der Waals surface area contributed by atoms with Crippen LogP contribution < -0.4 is 10.9 Å². The van der Waals surface area contributed by atoms with E-state index in [0.29, 0.717) is 0 Å². The molecule has 1 atom stereocenters. The second-order valence-electron chi connectivity index (χ2n) is 5.63. The van der Waals surface area contributed by atoms with Crippen LogP contribution in [-0.4, -0.2) is 20.7 Å². The molecule has 0 aliphatic heterocycles. The number of hydrogen-bond acceptors (Lipinski definition) is 5. The Morgan fingerprint density at radius 2 is 2.12 bits per heavy atom. The highest BCUT2D eigenvalue weighted by molar-refractivity contribution is 7.15. The molecule has 0 radical (unpaired) electrons. The fourth-order valence-electron chi connectivity index (χ4n) is 2.76. The van der Waals surface area contributed by atoms with Gasteiger partial charge in [-0.05, 0) is 30.4 Å². The number of carbonyl (C=O) groups excluding carboxylic acids is 1. The number of hydrogen-bond donors (Lipinski definition) is 1. The SMILES string of the molecule is C[C@H]1CCc2c1cc(C(=O)Nc1nnc(C(F)(F)F)s1)c(=O)n2C. The number of nitrogens with one attached hydrogen (secondary N) is 1. The molecule has 6 nitrogen and oxygen atoms in total. The lowest BCUT2D eigenvalue weighted by Crippen LogP contribution is -2.29. The Labute approximate surface area is 138 Å². The maximum absolute atomic E-state index is 12.5. The van der Waals surface area contributed by atoms with E-state index >= 15 is 0 Å². The van der Waals surface area contributed by atoms with Crippen molar-refractivity contribution >= 4 is 22.4 Å². The number of halogens is 3. The number of nitrogens with zero attached hydrogens (tertiary/aromatic N) is 3. The number of rotatable bonds is 2. The van der Waals surface area contributed by atoms with Crippen LogP contribution >= 0.6 is 11.3 Å². The molecule has 0 bridgehead atoms. The van der Waals surface area contributed by atoms with Gasteiger partial charge in [0.05, 0.1) is 0 Å². The average molecular weight is 358 g/mol. The quantitative estimate of drug-likeness (QED) is 0.895. The number of pyridine rings is 1. The third kappa shape index (κ3) is 2.81. The van der Waals surface area contributed by atoms with Crippen LogP contribution in [-0.2, 0) is 19.6 Å². The van der Waals surface area contributed by atoms with Crippen molar-refractivity contribution in [1.82, 2.24) is 14.8 Å². The summed E-state index contributed by atoms with van der Waals surface area (Å²) in [6.45, 7) is 2.00. The van der Waals surface area contributed by atoms with Gasteiger partial charge in [0.25, 0.3) is 11.5 Å². The van der Waals surface area contributed by atoms with Crippen LogP contribution in [0.3, 0.4) is 0 Å². The summed E-state index contributed by atoms with van der Waals surface area (Å²) < 4.78 is 39.0. The average Bonchev–Trinajstić information content (AvgIpc) is 3.10. The van der Waals surface area contributed by atoms with Crippen molar-refractivity contribution in [2.24, 2.45) is 7.05 Å². The van der Waals surface area contributed by atoms with Gasteiger partial charge >= 0.3 is 6.18 Å². The zero-order chi connectivity index (χ0) is 17.6. The molecule has 10 heteroatoms. The predicted octanol–water partition coefficient (Wildman–Crippen LogP) is 2.56. The first kappa shape index (κ1) is 16.6. The standard InChI is InChI=1S/C14H13F3N4O2S/c1-6-3-4-9-7(6)5-8(11(23)21(9)2)10(22)18-13-20-19-12(24-13)14(15,16)17/h5-6H,3-4H2,1-2H3,(H,18,20,22)/t6-/m0/s1. The van der Waals surface area contributed by atoms with E-state index in [2.05, 4.69) is 15.5 Å². The lowest BCUT2D eigenvalue weighted by molar-refractivity contribution is -0.138. The van der Waals surface area contributed by atoms with Crippen LogP contribution in [0.25, 0.3) is 0 Å². The molecule has 1 amide bonds. The van der Waals surface area contributed by atoms with E-state index in [4.69, 9.17) is 0 Å². The van der Waals surface area contributed by atoms with Crippen molar-refractivity contribution in [2.45, 2.75) is 31.9 Å². The summed E-state index contributed by atoms with van der Waals surface area (Å²) in [7, 11) is 1.59. The Hall–Kier alpha value is -2.23. The molecule has 2 aromatic rings. The fraction of sp³-hybridized carbons (Fsp3) is 0.429. The smallest absolute Gasteiger partial charge is 0.315 e. The zero-order valence-electron chi connectivity index (χ0n) is 12.8. The molecule has 1 N–H and O–H groups in total. The first-order chi connectivity index (χ1) is 11.2. The largest absolute Gasteiger partial charge is 0.445 e. The molecule has 0 spiro atoms. The lowest BCUT2D eigenvalue weighted by atomic mass is 10.0. The van der Waals surface area contributed by atoms with Crippen LogP contribution in [0, 0.1) is 0 Å². The number of anilines is 1. The molecule has 1 aliphatic carbocycles. The summed E-state index contributed by atoms with van der Waals surface area (Å²) in [5.41, 5.74) is 1.20. The van der Waals surface area contributed by atoms with Gasteiger partial charge in [0.1, 0.15) is 5.56 Å². The number of amides is 1. The summed E-state index contributed by atoms with van der Waals surface area (Å²) in [5.74, 6) is -0.570. The highest BCUT2D eigenvalue weighted by atomic mass is 32.1. The molecule has 1 aliphatic rings. The van der Waals surface area contributed by atoms with Crippen molar-refractivity contribution < 1.29 is 18.0 Å². The molecular weight excluding hydrogens is 345 g/mol. The Kier molecular flexibility index (Phi) is 3.94. The summed E-state index contributed by atoms with van der Waals surface area (Å²) in [6, 6.07) is 1.52. The fourth-order valence-corrected chi connectivity index (χ4v) is 3.37. The second kappa shape index (κ2) is 5.69. The summed E-state index contributed by atoms with van der Waals surface area (Å²) >= 11 is 0.211. The number of carbonyl (C=O) groups is 1. The molecule has 0 unspecified atom stereocenters. The third-order valence-corrected chi connectivity index (χ3v) is 4.93. The van der Waals surface area contributed by atoms with E-state index < -0.39 is 22.7 Å². The number of fused-ring (bicyclic) bond motifs is 1. The highest BCUT2D eigenvalue weighted by Crippen LogP contribution is 2.34. The first-order valence-electron chi connectivity index (χ1n) is 7.13. The molecule has 0 saturated carbocycles. The lowest BCUT2D eigenvalue weighted by Gasteiger charge is -2.11. The molecular formula is C14H13F3N4O2S. The molecule has 0 fully saturated rings. The van der Waals surface area contributed by atoms with Gasteiger partial charge in [-0.25, -0.2) is 0 Å². The van der Waals surface area contributed by atoms with Crippen molar-refractivity contribution in [3.8, 4) is 0 Å². The van der Waals surface area contributed by atoms with Gasteiger partial charge in [-0.1, -0.05) is 18.3 Å². The maximum atomic E-state index is 12.5. The first-order valence-corrected chi connectivity index (χ1v) is 7.95. The zero-order valence-corrected chi connectivity index (χ0v) is 13.6. The number of aromatic nitrogens is 3. The van der Waals surface area contributed by atoms with Gasteiger partial charge in [0.2, 0.25) is 10.1 Å². The van der Waals surface area contributed by atoms with Gasteiger partial charge in [-0.2, -0.15) is 13.2 Å². The Morgan fingerprint density at radius 1 is 1.42 bits per heavy atom. The van der Waals surface area contributed by atoms with E-state index in [1.54, 1.807) is 7.05 Å². The molecule has 2 heterocycles. The van der Waals surface area contributed by atoms with Gasteiger partial charge in [-0.15, -0.1) is 10.2 Å². The van der Waals surface area contributed by atoms with Crippen molar-refractivity contribution in [3.05, 3.63) is 38.2 Å². The van der Waals surface area contributed by atoms with Gasteiger partial charge < -0.3 is 4.57 Å². The van der Waals surface area contributed by atoms with Crippen molar-refractivity contribution in [2.75, 3.05) is 5.32 Å². The minimum Gasteiger partial charge on any atom is -0.315 e. The minimum absolute atomic E-state index is 0.117. The Balaban J connectivity index is 1.91. The molecule has 0 saturated heterocycles. The predicted molar refractivity (Wildman–Crippen MR) is 81.3 cm³/mol. The van der Waals surface area contributed by atoms with E-state index in [0.717, 1.165) is 24.1 Å². The van der Waals surface area contributed by atoms with E-state index in [-0.39, 0.29) is 27.9 Å². The minimum atomic E-state index is -4.63. The van der Waals surface area contributed by atoms with Crippen molar-refractivity contribution in [1.29, 1.82) is 0 Å². The third-order valence-electron chi connectivity index (χ3n) is 4.05. The van der Waals surface area contributed by atoms with E-state index in [1.165, 1.54) is 10.6 Å². The van der Waals surface area contributed by atoms with Gasteiger partial charge in [0, 0.05) is 12.7 Å². The summed E-state index contributed by atoms with van der Waals surface area (Å²) in [4.78, 5) is 24.6. The molecule has 0 aromatic carbocycles. The van der Waals surface area contributed by atoms with Crippen LogP contribution in [0.2, 0.25) is 0 Å². The van der Waals surface area contributed by atoms with Crippen molar-refractivity contribution in [3.63, 3.8) is 0 Å². The maximum Gasteiger partial charge on any atom is 0.445 e. The summed E-state index contributed by atoms with van der Waals surface area (Å²) in [6.07, 6.45) is -2.98. The Morgan fingerprint density at radius 3 is 2.75 bits per heavy atom. The molecule has 128 valence electrons. The molecule has 24 heavy (non-hydrogen) atoms. The number of alkyl halides is 3. The monoisotopic (exact) mass is 358 g/mol. The van der Waals surface area contributed by atoms with E-state index in [9.17, 15) is 22.8 Å². The second-order valence-corrected chi connectivity index (χ2v) is 6.61. The topological polar surface area (TPSA) is 76.9 Å². The molecule has 2 aromatic heterocycles.